The number of halogens is 3. The van der Waals surface area contributed by atoms with Crippen LogP contribution in [0.2, 0.25) is 0 Å². The highest BCUT2D eigenvalue weighted by Crippen LogP contribution is 2.35. The third kappa shape index (κ3) is 4.52. The molecule has 34 heavy (non-hydrogen) atoms. The largest absolute Gasteiger partial charge is 0.493 e. The number of carbonyl (C=O) groups is 1. The minimum atomic E-state index is -4.73. The van der Waals surface area contributed by atoms with Gasteiger partial charge in [0.05, 0.1) is 26.1 Å². The van der Waals surface area contributed by atoms with Crippen LogP contribution < -0.4 is 14.8 Å². The van der Waals surface area contributed by atoms with Gasteiger partial charge < -0.3 is 14.8 Å². The Morgan fingerprint density at radius 3 is 2.38 bits per heavy atom. The fourth-order valence-electron chi connectivity index (χ4n) is 3.45. The first kappa shape index (κ1) is 23.1. The van der Waals surface area contributed by atoms with Gasteiger partial charge >= 0.3 is 6.18 Å². The molecule has 7 nitrogen and oxygen atoms in total. The van der Waals surface area contributed by atoms with E-state index < -0.39 is 17.8 Å². The van der Waals surface area contributed by atoms with Crippen LogP contribution in [-0.4, -0.2) is 34.7 Å². The smallest absolute Gasteiger partial charge is 0.433 e. The van der Waals surface area contributed by atoms with E-state index in [2.05, 4.69) is 15.4 Å². The molecule has 0 radical (unpaired) electrons. The predicted molar refractivity (Wildman–Crippen MR) is 119 cm³/mol. The summed E-state index contributed by atoms with van der Waals surface area (Å²) in [5.74, 6) is 0.171. The number of ether oxygens (including phenoxy) is 2. The number of aromatic nitrogens is 3. The number of methoxy groups -OCH3 is 2. The van der Waals surface area contributed by atoms with Crippen molar-refractivity contribution in [3.05, 3.63) is 77.1 Å². The Morgan fingerprint density at radius 1 is 1.03 bits per heavy atom. The number of hydrogen-bond acceptors (Lipinski definition) is 5. The van der Waals surface area contributed by atoms with Crippen molar-refractivity contribution in [1.29, 1.82) is 0 Å². The number of benzene rings is 2. The third-order valence-electron chi connectivity index (χ3n) is 5.26. The summed E-state index contributed by atoms with van der Waals surface area (Å²) in [7, 11) is 2.88. The van der Waals surface area contributed by atoms with Gasteiger partial charge in [-0.05, 0) is 36.8 Å². The van der Waals surface area contributed by atoms with Crippen LogP contribution in [0.5, 0.6) is 11.5 Å². The van der Waals surface area contributed by atoms with Crippen molar-refractivity contribution in [1.82, 2.24) is 19.9 Å². The van der Waals surface area contributed by atoms with Crippen LogP contribution in [-0.2, 0) is 12.7 Å². The molecule has 4 rings (SSSR count). The van der Waals surface area contributed by atoms with E-state index in [0.29, 0.717) is 21.6 Å². The van der Waals surface area contributed by atoms with Gasteiger partial charge in [-0.3, -0.25) is 4.79 Å². The van der Waals surface area contributed by atoms with Crippen LogP contribution in [0, 0.1) is 6.92 Å². The van der Waals surface area contributed by atoms with Crippen LogP contribution in [0.1, 0.15) is 27.2 Å². The number of carbonyl (C=O) groups excluding carboxylic acids is 1. The monoisotopic (exact) mass is 470 g/mol. The van der Waals surface area contributed by atoms with E-state index in [4.69, 9.17) is 9.47 Å². The topological polar surface area (TPSA) is 77.8 Å². The number of aryl methyl sites for hydroxylation is 1. The second-order valence-corrected chi connectivity index (χ2v) is 7.56. The lowest BCUT2D eigenvalue weighted by Gasteiger charge is -2.13. The number of hydrogen-bond donors (Lipinski definition) is 1. The zero-order chi connectivity index (χ0) is 24.5. The Bertz CT molecular complexity index is 1350. The lowest BCUT2D eigenvalue weighted by Crippen LogP contribution is -2.23. The standard InChI is InChI=1S/C24H21F3N4O3/c1-14-4-6-15(7-5-14)12-28-23(32)17-13-29-31-21(24(25,26)27)11-18(30-22(17)31)16-8-9-19(33-2)20(10-16)34-3/h4-11,13H,12H2,1-3H3,(H,28,32). The molecular weight excluding hydrogens is 449 g/mol. The molecule has 0 aliphatic heterocycles. The minimum absolute atomic E-state index is 0.00821. The molecule has 176 valence electrons. The van der Waals surface area contributed by atoms with Crippen molar-refractivity contribution in [3.63, 3.8) is 0 Å². The maximum absolute atomic E-state index is 13.9. The Morgan fingerprint density at radius 2 is 1.74 bits per heavy atom. The Hall–Kier alpha value is -4.08. The summed E-state index contributed by atoms with van der Waals surface area (Å²) in [6.07, 6.45) is -3.64. The van der Waals surface area contributed by atoms with Gasteiger partial charge in [0.25, 0.3) is 5.91 Å². The zero-order valence-electron chi connectivity index (χ0n) is 18.6. The van der Waals surface area contributed by atoms with Crippen LogP contribution in [0.3, 0.4) is 0 Å². The molecule has 10 heteroatoms. The van der Waals surface area contributed by atoms with E-state index in [-0.39, 0.29) is 23.4 Å². The molecule has 0 fully saturated rings. The predicted octanol–water partition coefficient (Wildman–Crippen LogP) is 4.67. The lowest BCUT2D eigenvalue weighted by atomic mass is 10.1. The quantitative estimate of drug-likeness (QED) is 0.443. The summed E-state index contributed by atoms with van der Waals surface area (Å²) in [5.41, 5.74) is 0.960. The van der Waals surface area contributed by atoms with Gasteiger partial charge in [-0.15, -0.1) is 0 Å². The summed E-state index contributed by atoms with van der Waals surface area (Å²) < 4.78 is 52.6. The SMILES string of the molecule is COc1ccc(-c2cc(C(F)(F)F)n3ncc(C(=O)NCc4ccc(C)cc4)c3n2)cc1OC. The third-order valence-corrected chi connectivity index (χ3v) is 5.26. The van der Waals surface area contributed by atoms with Crippen molar-refractivity contribution >= 4 is 11.6 Å². The molecule has 0 bridgehead atoms. The summed E-state index contributed by atoms with van der Waals surface area (Å²) >= 11 is 0. The fourth-order valence-corrected chi connectivity index (χ4v) is 3.45. The van der Waals surface area contributed by atoms with E-state index in [1.54, 1.807) is 12.1 Å². The van der Waals surface area contributed by atoms with Gasteiger partial charge in [0, 0.05) is 12.1 Å². The first-order valence-electron chi connectivity index (χ1n) is 10.2. The Labute approximate surface area is 193 Å². The summed E-state index contributed by atoms with van der Waals surface area (Å²) in [6, 6.07) is 13.1. The molecule has 0 saturated heterocycles. The Kier molecular flexibility index (Phi) is 6.14. The van der Waals surface area contributed by atoms with Gasteiger partial charge in [-0.1, -0.05) is 29.8 Å². The van der Waals surface area contributed by atoms with Crippen molar-refractivity contribution < 1.29 is 27.4 Å². The number of fused-ring (bicyclic) bond motifs is 1. The van der Waals surface area contributed by atoms with E-state index in [1.165, 1.54) is 20.3 Å². The minimum Gasteiger partial charge on any atom is -0.493 e. The van der Waals surface area contributed by atoms with Crippen molar-refractivity contribution in [2.24, 2.45) is 0 Å². The van der Waals surface area contributed by atoms with Crippen LogP contribution in [0.4, 0.5) is 13.2 Å². The molecule has 2 heterocycles. The maximum Gasteiger partial charge on any atom is 0.433 e. The molecule has 4 aromatic rings. The van der Waals surface area contributed by atoms with Crippen LogP contribution >= 0.6 is 0 Å². The van der Waals surface area contributed by atoms with Gasteiger partial charge in [0.1, 0.15) is 5.56 Å². The molecule has 0 aliphatic rings. The number of amides is 1. The summed E-state index contributed by atoms with van der Waals surface area (Å²) in [6.45, 7) is 2.15. The van der Waals surface area contributed by atoms with Gasteiger partial charge in [-0.2, -0.15) is 18.3 Å². The first-order chi connectivity index (χ1) is 16.2. The molecule has 0 aliphatic carbocycles. The molecule has 1 N–H and O–H groups in total. The molecule has 0 saturated carbocycles. The average molecular weight is 470 g/mol. The van der Waals surface area contributed by atoms with Crippen LogP contribution in [0.15, 0.2) is 54.7 Å². The van der Waals surface area contributed by atoms with Crippen molar-refractivity contribution in [2.75, 3.05) is 14.2 Å². The number of rotatable bonds is 6. The fraction of sp³-hybridized carbons (Fsp3) is 0.208. The van der Waals surface area contributed by atoms with E-state index in [9.17, 15) is 18.0 Å². The summed E-state index contributed by atoms with van der Waals surface area (Å²) in [5, 5.41) is 6.51. The average Bonchev–Trinajstić information content (AvgIpc) is 3.25. The van der Waals surface area contributed by atoms with Gasteiger partial charge in [0.15, 0.2) is 22.8 Å². The van der Waals surface area contributed by atoms with Crippen LogP contribution in [0.25, 0.3) is 16.9 Å². The first-order valence-corrected chi connectivity index (χ1v) is 10.2. The van der Waals surface area contributed by atoms with Crippen molar-refractivity contribution in [3.8, 4) is 22.8 Å². The summed E-state index contributed by atoms with van der Waals surface area (Å²) in [4.78, 5) is 17.2. The lowest BCUT2D eigenvalue weighted by molar-refractivity contribution is -0.142. The second kappa shape index (κ2) is 9.05. The van der Waals surface area contributed by atoms with E-state index in [1.807, 2.05) is 31.2 Å². The molecule has 1 amide bonds. The number of nitrogens with one attached hydrogen (secondary N) is 1. The molecular formula is C24H21F3N4O3. The number of nitrogens with zero attached hydrogens (tertiary/aromatic N) is 3. The number of alkyl halides is 3. The highest BCUT2D eigenvalue weighted by atomic mass is 19.4. The molecule has 2 aromatic carbocycles. The molecule has 0 atom stereocenters. The molecule has 2 aromatic heterocycles. The molecule has 0 unspecified atom stereocenters. The molecule has 0 spiro atoms. The van der Waals surface area contributed by atoms with Gasteiger partial charge in [-0.25, -0.2) is 9.50 Å². The Balaban J connectivity index is 1.76. The van der Waals surface area contributed by atoms with E-state index in [0.717, 1.165) is 23.4 Å². The highest BCUT2D eigenvalue weighted by Gasteiger charge is 2.36. The normalized spacial score (nSPS) is 11.5. The van der Waals surface area contributed by atoms with Crippen molar-refractivity contribution in [2.45, 2.75) is 19.6 Å². The van der Waals surface area contributed by atoms with Gasteiger partial charge in [0.2, 0.25) is 0 Å². The van der Waals surface area contributed by atoms with E-state index >= 15 is 0 Å². The second-order valence-electron chi connectivity index (χ2n) is 7.56. The highest BCUT2D eigenvalue weighted by molar-refractivity contribution is 5.99. The zero-order valence-corrected chi connectivity index (χ0v) is 18.6. The maximum atomic E-state index is 13.9.